The van der Waals surface area contributed by atoms with E-state index in [-0.39, 0.29) is 18.4 Å². The van der Waals surface area contributed by atoms with Gasteiger partial charge in [-0.25, -0.2) is 0 Å². The van der Waals surface area contributed by atoms with Crippen molar-refractivity contribution in [3.8, 4) is 0 Å². The maximum atomic E-state index is 12.1. The molecule has 0 rings (SSSR count). The molecule has 0 fully saturated rings. The highest BCUT2D eigenvalue weighted by atomic mass is 32.2. The number of halogens is 3. The molecule has 0 saturated carbocycles. The third-order valence-electron chi connectivity index (χ3n) is 3.37. The monoisotopic (exact) mass is 348 g/mol. The third kappa shape index (κ3) is 6.35. The van der Waals surface area contributed by atoms with E-state index in [4.69, 9.17) is 4.43 Å². The Labute approximate surface area is 124 Å². The minimum absolute atomic E-state index is 0.0558. The van der Waals surface area contributed by atoms with E-state index in [0.29, 0.717) is 0 Å². The molecule has 1 atom stereocenters. The summed E-state index contributed by atoms with van der Waals surface area (Å²) in [6.07, 6.45) is 1.55. The fourth-order valence-electron chi connectivity index (χ4n) is 1.88. The van der Waals surface area contributed by atoms with Crippen LogP contribution in [0.4, 0.5) is 13.2 Å². The van der Waals surface area contributed by atoms with E-state index in [9.17, 15) is 26.7 Å². The average molecular weight is 348 g/mol. The Hall–Kier alpha value is -0.613. The van der Waals surface area contributed by atoms with Crippen LogP contribution in [0.1, 0.15) is 32.6 Å². The zero-order valence-electron chi connectivity index (χ0n) is 12.5. The first kappa shape index (κ1) is 20.4. The molecule has 5 nitrogen and oxygen atoms in total. The second-order valence-electron chi connectivity index (χ2n) is 5.24. The first-order chi connectivity index (χ1) is 9.37. The molecule has 126 valence electrons. The molecule has 0 aliphatic rings. The molecule has 0 aromatic rings. The van der Waals surface area contributed by atoms with Crippen molar-refractivity contribution in [1.29, 1.82) is 0 Å². The lowest BCUT2D eigenvalue weighted by Gasteiger charge is -2.31. The van der Waals surface area contributed by atoms with Crippen molar-refractivity contribution in [2.75, 3.05) is 7.11 Å². The van der Waals surface area contributed by atoms with Gasteiger partial charge in [-0.05, 0) is 37.4 Å². The number of hydrogen-bond acceptors (Lipinski definition) is 4. The van der Waals surface area contributed by atoms with Crippen LogP contribution in [0.15, 0.2) is 4.40 Å². The van der Waals surface area contributed by atoms with Crippen molar-refractivity contribution in [2.45, 2.75) is 56.8 Å². The fraction of sp³-hybridized carbons (Fsp3) is 0.909. The Kier molecular flexibility index (Phi) is 7.37. The van der Waals surface area contributed by atoms with E-state index in [0.717, 1.165) is 12.8 Å². The first-order valence-electron chi connectivity index (χ1n) is 6.49. The summed E-state index contributed by atoms with van der Waals surface area (Å²) in [5, 5.41) is 11.4. The molecule has 10 heteroatoms. The summed E-state index contributed by atoms with van der Waals surface area (Å²) in [4.78, 5) is 0. The van der Waals surface area contributed by atoms with Gasteiger partial charge in [0.2, 0.25) is 0 Å². The Morgan fingerprint density at radius 2 is 1.86 bits per heavy atom. The summed E-state index contributed by atoms with van der Waals surface area (Å²) in [5.41, 5.74) is -5.48. The van der Waals surface area contributed by atoms with E-state index in [1.54, 1.807) is 7.11 Å². The quantitative estimate of drug-likeness (QED) is 0.383. The van der Waals surface area contributed by atoms with Crippen molar-refractivity contribution < 1.29 is 31.1 Å². The maximum Gasteiger partial charge on any atom is 0.518 e. The van der Waals surface area contributed by atoms with Crippen molar-refractivity contribution in [1.82, 2.24) is 0 Å². The minimum Gasteiger partial charge on any atom is -0.861 e. The molecule has 0 N–H and O–H groups in total. The Balaban J connectivity index is 4.90. The van der Waals surface area contributed by atoms with E-state index >= 15 is 0 Å². The van der Waals surface area contributed by atoms with E-state index < -0.39 is 29.7 Å². The average Bonchev–Trinajstić information content (AvgIpc) is 2.32. The molecule has 0 heterocycles. The van der Waals surface area contributed by atoms with Crippen LogP contribution in [0.2, 0.25) is 18.6 Å². The predicted octanol–water partition coefficient (Wildman–Crippen LogP) is 2.40. The van der Waals surface area contributed by atoms with Crippen LogP contribution < -0.4 is 5.11 Å². The van der Waals surface area contributed by atoms with Gasteiger partial charge in [-0.3, -0.25) is 0 Å². The van der Waals surface area contributed by atoms with Gasteiger partial charge in [0, 0.05) is 7.11 Å². The standard InChI is InChI=1S/C11H22F3NO4SSi/c1-5-6-9(21(3,4)19-2)7-8-10(16)15-20(17,18)11(12,13)14/h9H,5-8H2,1-4H3,(H,15,16)/p-1. The molecule has 0 radical (unpaired) electrons. The molecule has 0 amide bonds. The van der Waals surface area contributed by atoms with Gasteiger partial charge in [0.15, 0.2) is 8.32 Å². The van der Waals surface area contributed by atoms with Crippen molar-refractivity contribution in [3.05, 3.63) is 0 Å². The minimum atomic E-state index is -5.74. The topological polar surface area (TPSA) is 78.8 Å². The molecule has 21 heavy (non-hydrogen) atoms. The van der Waals surface area contributed by atoms with Crippen LogP contribution >= 0.6 is 0 Å². The lowest BCUT2D eigenvalue weighted by Crippen LogP contribution is -2.36. The normalized spacial score (nSPS) is 16.0. The number of hydrogen-bond donors (Lipinski definition) is 0. The number of rotatable bonds is 8. The molecule has 0 aliphatic carbocycles. The molecular weight excluding hydrogens is 327 g/mol. The summed E-state index contributed by atoms with van der Waals surface area (Å²) >= 11 is 0. The number of alkyl halides is 3. The molecule has 0 spiro atoms. The largest absolute Gasteiger partial charge is 0.861 e. The molecule has 0 aliphatic heterocycles. The molecule has 0 bridgehead atoms. The van der Waals surface area contributed by atoms with Gasteiger partial charge in [-0.2, -0.15) is 26.0 Å². The van der Waals surface area contributed by atoms with Crippen LogP contribution in [0.3, 0.4) is 0 Å². The van der Waals surface area contributed by atoms with E-state index in [1.165, 1.54) is 0 Å². The van der Waals surface area contributed by atoms with Gasteiger partial charge in [0.1, 0.15) is 0 Å². The molecule has 0 saturated heterocycles. The highest BCUT2D eigenvalue weighted by Gasteiger charge is 2.45. The molecule has 1 unspecified atom stereocenters. The Bertz CT molecular complexity index is 463. The van der Waals surface area contributed by atoms with Gasteiger partial charge >= 0.3 is 15.5 Å². The second-order valence-corrected chi connectivity index (χ2v) is 11.3. The first-order valence-corrected chi connectivity index (χ1v) is 10.9. The van der Waals surface area contributed by atoms with Crippen LogP contribution in [-0.2, 0) is 14.4 Å². The Morgan fingerprint density at radius 3 is 2.24 bits per heavy atom. The third-order valence-corrected chi connectivity index (χ3v) is 7.99. The van der Waals surface area contributed by atoms with Crippen LogP contribution in [0.25, 0.3) is 0 Å². The zero-order valence-corrected chi connectivity index (χ0v) is 14.3. The lowest BCUT2D eigenvalue weighted by atomic mass is 10.1. The van der Waals surface area contributed by atoms with E-state index in [2.05, 4.69) is 4.40 Å². The van der Waals surface area contributed by atoms with Crippen LogP contribution in [-0.4, -0.2) is 35.3 Å². The van der Waals surface area contributed by atoms with Crippen molar-refractivity contribution >= 4 is 24.2 Å². The molecule has 0 aromatic carbocycles. The highest BCUT2D eigenvalue weighted by Crippen LogP contribution is 2.32. The van der Waals surface area contributed by atoms with Gasteiger partial charge in [0.25, 0.3) is 0 Å². The van der Waals surface area contributed by atoms with Crippen molar-refractivity contribution in [2.24, 2.45) is 4.40 Å². The predicted molar refractivity (Wildman–Crippen MR) is 74.8 cm³/mol. The van der Waals surface area contributed by atoms with Gasteiger partial charge in [-0.1, -0.05) is 19.8 Å². The molecule has 0 aromatic heterocycles. The lowest BCUT2D eigenvalue weighted by molar-refractivity contribution is -0.218. The second kappa shape index (κ2) is 7.59. The van der Waals surface area contributed by atoms with Gasteiger partial charge < -0.3 is 9.53 Å². The summed E-state index contributed by atoms with van der Waals surface area (Å²) in [7, 11) is -6.23. The SMILES string of the molecule is CCCC(CC/C([O-])=N\S(=O)(=O)C(F)(F)F)[Si](C)(C)OC. The van der Waals surface area contributed by atoms with Gasteiger partial charge in [0.05, 0.1) is 0 Å². The van der Waals surface area contributed by atoms with E-state index in [1.807, 2.05) is 20.0 Å². The summed E-state index contributed by atoms with van der Waals surface area (Å²) in [6.45, 7) is 5.84. The summed E-state index contributed by atoms with van der Waals surface area (Å²) in [6, 6.07) is 0. The summed E-state index contributed by atoms with van der Waals surface area (Å²) < 4.78 is 65.6. The van der Waals surface area contributed by atoms with Gasteiger partial charge in [-0.15, -0.1) is 0 Å². The zero-order chi connectivity index (χ0) is 16.9. The van der Waals surface area contributed by atoms with Crippen LogP contribution in [0.5, 0.6) is 0 Å². The highest BCUT2D eigenvalue weighted by molar-refractivity contribution is 7.91. The van der Waals surface area contributed by atoms with Crippen molar-refractivity contribution in [3.63, 3.8) is 0 Å². The smallest absolute Gasteiger partial charge is 0.518 e. The maximum absolute atomic E-state index is 12.1. The summed E-state index contributed by atoms with van der Waals surface area (Å²) in [5.74, 6) is -1.27. The molecular formula is C11H21F3NO4SSi-. The Morgan fingerprint density at radius 1 is 1.33 bits per heavy atom. The van der Waals surface area contributed by atoms with Crippen LogP contribution in [0, 0.1) is 0 Å². The number of nitrogens with zero attached hydrogens (tertiary/aromatic N) is 1. The fourth-order valence-corrected chi connectivity index (χ4v) is 4.50. The number of sulfonamides is 1.